The van der Waals surface area contributed by atoms with E-state index in [1.54, 1.807) is 47.4 Å². The minimum Gasteiger partial charge on any atom is -0.497 e. The third-order valence-electron chi connectivity index (χ3n) is 6.24. The molecule has 1 aliphatic heterocycles. The third kappa shape index (κ3) is 7.19. The van der Waals surface area contributed by atoms with Gasteiger partial charge in [-0.05, 0) is 42.0 Å². The number of furan rings is 1. The fourth-order valence-electron chi connectivity index (χ4n) is 4.15. The molecule has 0 bridgehead atoms. The number of benzene rings is 2. The first-order valence-electron chi connectivity index (χ1n) is 12.2. The Morgan fingerprint density at radius 1 is 0.917 bits per heavy atom. The van der Waals surface area contributed by atoms with Gasteiger partial charge >= 0.3 is 0 Å². The maximum Gasteiger partial charge on any atom is 0.254 e. The van der Waals surface area contributed by atoms with Gasteiger partial charge in [0.2, 0.25) is 5.91 Å². The molecule has 8 nitrogen and oxygen atoms in total. The Balaban J connectivity index is 1.51. The molecule has 0 spiro atoms. The second-order valence-electron chi connectivity index (χ2n) is 8.72. The van der Waals surface area contributed by atoms with Gasteiger partial charge in [-0.15, -0.1) is 0 Å². The quantitative estimate of drug-likeness (QED) is 0.410. The number of carbonyl (C=O) groups excluding carboxylic acids is 2. The van der Waals surface area contributed by atoms with E-state index in [1.165, 1.54) is 0 Å². The summed E-state index contributed by atoms with van der Waals surface area (Å²) in [6.45, 7) is 4.84. The van der Waals surface area contributed by atoms with Gasteiger partial charge in [-0.1, -0.05) is 30.3 Å². The average molecular weight is 492 g/mol. The summed E-state index contributed by atoms with van der Waals surface area (Å²) in [7, 11) is 1.59. The van der Waals surface area contributed by atoms with Crippen molar-refractivity contribution in [3.8, 4) is 5.75 Å². The highest BCUT2D eigenvalue weighted by atomic mass is 16.5. The Kier molecular flexibility index (Phi) is 9.13. The summed E-state index contributed by atoms with van der Waals surface area (Å²) < 4.78 is 16.2. The highest BCUT2D eigenvalue weighted by Gasteiger charge is 2.24. The maximum atomic E-state index is 13.6. The van der Waals surface area contributed by atoms with Crippen molar-refractivity contribution in [2.75, 3.05) is 53.0 Å². The van der Waals surface area contributed by atoms with E-state index in [1.807, 2.05) is 42.5 Å². The van der Waals surface area contributed by atoms with Crippen LogP contribution < -0.4 is 4.74 Å². The fourth-order valence-corrected chi connectivity index (χ4v) is 4.15. The number of ether oxygens (including phenoxy) is 2. The van der Waals surface area contributed by atoms with Crippen LogP contribution in [0.25, 0.3) is 0 Å². The van der Waals surface area contributed by atoms with E-state index >= 15 is 0 Å². The lowest BCUT2D eigenvalue weighted by molar-refractivity contribution is -0.133. The third-order valence-corrected chi connectivity index (χ3v) is 6.24. The highest BCUT2D eigenvalue weighted by molar-refractivity contribution is 5.96. The zero-order chi connectivity index (χ0) is 25.2. The molecular weight excluding hydrogens is 458 g/mol. The fraction of sp³-hybridized carbons (Fsp3) is 0.357. The molecule has 1 aliphatic rings. The number of amides is 2. The molecule has 3 aromatic rings. The molecular formula is C28H33N3O5. The molecule has 36 heavy (non-hydrogen) atoms. The lowest BCUT2D eigenvalue weighted by Gasteiger charge is -2.31. The number of carbonyl (C=O) groups is 2. The molecule has 0 radical (unpaired) electrons. The number of methoxy groups -OCH3 is 1. The van der Waals surface area contributed by atoms with Crippen LogP contribution in [-0.2, 0) is 22.6 Å². The van der Waals surface area contributed by atoms with Gasteiger partial charge in [-0.25, -0.2) is 0 Å². The molecule has 8 heteroatoms. The van der Waals surface area contributed by atoms with Crippen LogP contribution >= 0.6 is 0 Å². The molecule has 4 rings (SSSR count). The van der Waals surface area contributed by atoms with Gasteiger partial charge in [0.05, 0.1) is 33.1 Å². The lowest BCUT2D eigenvalue weighted by atomic mass is 10.1. The van der Waals surface area contributed by atoms with Gasteiger partial charge < -0.3 is 23.7 Å². The van der Waals surface area contributed by atoms with Crippen LogP contribution in [0.15, 0.2) is 77.4 Å². The molecule has 2 aromatic carbocycles. The summed E-state index contributed by atoms with van der Waals surface area (Å²) in [6, 6.07) is 20.5. The van der Waals surface area contributed by atoms with Crippen molar-refractivity contribution in [2.24, 2.45) is 0 Å². The largest absolute Gasteiger partial charge is 0.497 e. The minimum atomic E-state index is -0.183. The minimum absolute atomic E-state index is 0.0251. The zero-order valence-electron chi connectivity index (χ0n) is 20.7. The van der Waals surface area contributed by atoms with Crippen LogP contribution in [0.5, 0.6) is 5.75 Å². The first-order chi connectivity index (χ1) is 17.6. The molecule has 2 heterocycles. The van der Waals surface area contributed by atoms with Crippen LogP contribution in [0.2, 0.25) is 0 Å². The molecule has 0 N–H and O–H groups in total. The number of rotatable bonds is 11. The predicted molar refractivity (Wildman–Crippen MR) is 136 cm³/mol. The Labute approximate surface area is 212 Å². The molecule has 1 aromatic heterocycles. The van der Waals surface area contributed by atoms with Gasteiger partial charge in [0.25, 0.3) is 5.91 Å². The summed E-state index contributed by atoms with van der Waals surface area (Å²) in [4.78, 5) is 32.7. The monoisotopic (exact) mass is 491 g/mol. The van der Waals surface area contributed by atoms with Crippen LogP contribution in [0.3, 0.4) is 0 Å². The number of nitrogens with zero attached hydrogens (tertiary/aromatic N) is 3. The Morgan fingerprint density at radius 3 is 2.33 bits per heavy atom. The summed E-state index contributed by atoms with van der Waals surface area (Å²) in [5.74, 6) is 1.05. The smallest absolute Gasteiger partial charge is 0.254 e. The van der Waals surface area contributed by atoms with Crippen molar-refractivity contribution < 1.29 is 23.5 Å². The van der Waals surface area contributed by atoms with Crippen LogP contribution in [0, 0.1) is 0 Å². The van der Waals surface area contributed by atoms with E-state index in [4.69, 9.17) is 13.9 Å². The Bertz CT molecular complexity index is 1080. The van der Waals surface area contributed by atoms with Crippen molar-refractivity contribution >= 4 is 11.8 Å². The van der Waals surface area contributed by atoms with Crippen LogP contribution in [0.1, 0.15) is 21.7 Å². The molecule has 190 valence electrons. The topological polar surface area (TPSA) is 75.5 Å². The molecule has 0 saturated carbocycles. The molecule has 0 aliphatic carbocycles. The summed E-state index contributed by atoms with van der Waals surface area (Å²) in [6.07, 6.45) is 1.60. The Hall–Kier alpha value is -3.62. The van der Waals surface area contributed by atoms with E-state index < -0.39 is 0 Å². The van der Waals surface area contributed by atoms with Crippen molar-refractivity contribution in [1.29, 1.82) is 0 Å². The SMILES string of the molecule is COc1ccc(C(=O)N(CCN2CCOCC2)CC(=O)N(Cc2ccccc2)Cc2ccco2)cc1. The van der Waals surface area contributed by atoms with E-state index in [-0.39, 0.29) is 18.4 Å². The van der Waals surface area contributed by atoms with Gasteiger partial charge in [-0.2, -0.15) is 0 Å². The molecule has 1 saturated heterocycles. The Morgan fingerprint density at radius 2 is 1.67 bits per heavy atom. The maximum absolute atomic E-state index is 13.6. The van der Waals surface area contributed by atoms with E-state index in [2.05, 4.69) is 4.90 Å². The van der Waals surface area contributed by atoms with Crippen LogP contribution in [0.4, 0.5) is 0 Å². The standard InChI is InChI=1S/C28H33N3O5/c1-34-25-11-9-24(10-12-25)28(33)30(14-13-29-15-18-35-19-16-29)22-27(32)31(21-26-8-5-17-36-26)20-23-6-3-2-4-7-23/h2-12,17H,13-16,18-22H2,1H3. The van der Waals surface area contributed by atoms with Crippen molar-refractivity contribution in [2.45, 2.75) is 13.1 Å². The summed E-state index contributed by atoms with van der Waals surface area (Å²) >= 11 is 0. The van der Waals surface area contributed by atoms with Crippen molar-refractivity contribution in [3.05, 3.63) is 89.9 Å². The van der Waals surface area contributed by atoms with Crippen molar-refractivity contribution in [1.82, 2.24) is 14.7 Å². The predicted octanol–water partition coefficient (Wildman–Crippen LogP) is 3.29. The number of hydrogen-bond donors (Lipinski definition) is 0. The first kappa shape index (κ1) is 25.5. The summed E-state index contributed by atoms with van der Waals surface area (Å²) in [5.41, 5.74) is 1.53. The normalized spacial score (nSPS) is 13.8. The van der Waals surface area contributed by atoms with Gasteiger partial charge in [-0.3, -0.25) is 14.5 Å². The molecule has 1 fully saturated rings. The van der Waals surface area contributed by atoms with Crippen molar-refractivity contribution in [3.63, 3.8) is 0 Å². The molecule has 2 amide bonds. The lowest BCUT2D eigenvalue weighted by Crippen LogP contribution is -2.47. The molecule has 0 unspecified atom stereocenters. The van der Waals surface area contributed by atoms with E-state index in [9.17, 15) is 9.59 Å². The van der Waals surface area contributed by atoms with Gasteiger partial charge in [0.1, 0.15) is 18.1 Å². The second-order valence-corrected chi connectivity index (χ2v) is 8.72. The van der Waals surface area contributed by atoms with Gasteiger partial charge in [0.15, 0.2) is 0 Å². The first-order valence-corrected chi connectivity index (χ1v) is 12.2. The van der Waals surface area contributed by atoms with E-state index in [0.717, 1.165) is 18.7 Å². The summed E-state index contributed by atoms with van der Waals surface area (Å²) in [5, 5.41) is 0. The zero-order valence-corrected chi connectivity index (χ0v) is 20.7. The number of hydrogen-bond acceptors (Lipinski definition) is 6. The number of morpholine rings is 1. The van der Waals surface area contributed by atoms with Gasteiger partial charge in [0, 0.05) is 38.3 Å². The van der Waals surface area contributed by atoms with E-state index in [0.29, 0.717) is 56.5 Å². The average Bonchev–Trinajstić information content (AvgIpc) is 3.44. The highest BCUT2D eigenvalue weighted by Crippen LogP contribution is 2.15. The molecule has 0 atom stereocenters. The second kappa shape index (κ2) is 12.9. The van der Waals surface area contributed by atoms with Crippen LogP contribution in [-0.4, -0.2) is 79.6 Å².